The van der Waals surface area contributed by atoms with Crippen LogP contribution in [0.5, 0.6) is 5.75 Å². The van der Waals surface area contributed by atoms with Gasteiger partial charge in [0.15, 0.2) is 0 Å². The third-order valence-electron chi connectivity index (χ3n) is 5.18. The summed E-state index contributed by atoms with van der Waals surface area (Å²) in [7, 11) is 2.26. The number of ether oxygens (including phenoxy) is 1. The van der Waals surface area contributed by atoms with Gasteiger partial charge in [0.05, 0.1) is 0 Å². The summed E-state index contributed by atoms with van der Waals surface area (Å²) < 4.78 is 6.37. The topological polar surface area (TPSA) is 12.5 Å². The molecular formula is C18H20ClNO. The van der Waals surface area contributed by atoms with Crippen molar-refractivity contribution in [3.63, 3.8) is 0 Å². The molecule has 0 saturated carbocycles. The van der Waals surface area contributed by atoms with Crippen LogP contribution < -0.4 is 4.74 Å². The molecule has 0 aromatic heterocycles. The second-order valence-electron chi connectivity index (χ2n) is 6.35. The van der Waals surface area contributed by atoms with Crippen molar-refractivity contribution in [2.45, 2.75) is 43.9 Å². The molecule has 2 aromatic rings. The van der Waals surface area contributed by atoms with E-state index in [4.69, 9.17) is 16.3 Å². The number of piperidine rings is 1. The summed E-state index contributed by atoms with van der Waals surface area (Å²) in [5.74, 6) is 0.976. The first-order valence-electron chi connectivity index (χ1n) is 7.78. The van der Waals surface area contributed by atoms with E-state index in [-0.39, 0.29) is 0 Å². The van der Waals surface area contributed by atoms with Crippen LogP contribution in [-0.2, 0) is 0 Å². The molecule has 2 bridgehead atoms. The van der Waals surface area contributed by atoms with Gasteiger partial charge in [0, 0.05) is 27.9 Å². The lowest BCUT2D eigenvalue weighted by atomic mass is 10.0. The first kappa shape index (κ1) is 13.4. The number of hydrogen-bond donors (Lipinski definition) is 0. The van der Waals surface area contributed by atoms with Gasteiger partial charge >= 0.3 is 0 Å². The summed E-state index contributed by atoms with van der Waals surface area (Å²) in [4.78, 5) is 2.54. The lowest BCUT2D eigenvalue weighted by Gasteiger charge is -2.36. The second kappa shape index (κ2) is 5.19. The zero-order chi connectivity index (χ0) is 14.4. The normalized spacial score (nSPS) is 29.0. The maximum Gasteiger partial charge on any atom is 0.127 e. The molecular weight excluding hydrogens is 282 g/mol. The second-order valence-corrected chi connectivity index (χ2v) is 6.76. The van der Waals surface area contributed by atoms with E-state index in [9.17, 15) is 0 Å². The van der Waals surface area contributed by atoms with Crippen LogP contribution in [-0.4, -0.2) is 30.1 Å². The average Bonchev–Trinajstić information content (AvgIpc) is 2.73. The summed E-state index contributed by atoms with van der Waals surface area (Å²) >= 11 is 6.28. The van der Waals surface area contributed by atoms with Gasteiger partial charge in [-0.3, -0.25) is 0 Å². The Morgan fingerprint density at radius 2 is 1.67 bits per heavy atom. The molecule has 4 rings (SSSR count). The highest BCUT2D eigenvalue weighted by Crippen LogP contribution is 2.38. The van der Waals surface area contributed by atoms with Crippen LogP contribution in [0.3, 0.4) is 0 Å². The number of fused-ring (bicyclic) bond motifs is 3. The fraction of sp³-hybridized carbons (Fsp3) is 0.444. The van der Waals surface area contributed by atoms with Crippen LogP contribution in [0.15, 0.2) is 36.4 Å². The number of nitrogens with zero attached hydrogens (tertiary/aromatic N) is 1. The van der Waals surface area contributed by atoms with Gasteiger partial charge < -0.3 is 9.64 Å². The highest BCUT2D eigenvalue weighted by atomic mass is 35.5. The zero-order valence-corrected chi connectivity index (χ0v) is 13.0. The van der Waals surface area contributed by atoms with Crippen LogP contribution in [0, 0.1) is 0 Å². The van der Waals surface area contributed by atoms with Crippen molar-refractivity contribution in [1.29, 1.82) is 0 Å². The van der Waals surface area contributed by atoms with Crippen LogP contribution >= 0.6 is 11.6 Å². The van der Waals surface area contributed by atoms with E-state index in [1.54, 1.807) is 0 Å². The van der Waals surface area contributed by atoms with E-state index in [1.807, 2.05) is 24.3 Å². The first-order valence-corrected chi connectivity index (χ1v) is 8.16. The van der Waals surface area contributed by atoms with Crippen molar-refractivity contribution in [3.8, 4) is 5.75 Å². The molecule has 0 aliphatic carbocycles. The Morgan fingerprint density at radius 3 is 2.38 bits per heavy atom. The highest BCUT2D eigenvalue weighted by Gasteiger charge is 2.39. The lowest BCUT2D eigenvalue weighted by molar-refractivity contribution is 0.0671. The molecule has 110 valence electrons. The minimum absolute atomic E-state index is 0.336. The van der Waals surface area contributed by atoms with E-state index in [0.29, 0.717) is 18.2 Å². The smallest absolute Gasteiger partial charge is 0.127 e. The van der Waals surface area contributed by atoms with Crippen molar-refractivity contribution in [3.05, 3.63) is 41.4 Å². The SMILES string of the molecule is CN1C2CCC1CC(Oc1ccc(Cl)c3ccccc13)C2. The number of rotatable bonds is 2. The monoisotopic (exact) mass is 301 g/mol. The van der Waals surface area contributed by atoms with Gasteiger partial charge in [0.2, 0.25) is 0 Å². The summed E-state index contributed by atoms with van der Waals surface area (Å²) in [6, 6.07) is 13.6. The molecule has 0 N–H and O–H groups in total. The van der Waals surface area contributed by atoms with E-state index in [1.165, 1.54) is 12.8 Å². The Labute approximate surface area is 130 Å². The lowest BCUT2D eigenvalue weighted by Crippen LogP contribution is -2.43. The highest BCUT2D eigenvalue weighted by molar-refractivity contribution is 6.35. The molecule has 2 unspecified atom stereocenters. The van der Waals surface area contributed by atoms with Gasteiger partial charge in [0.25, 0.3) is 0 Å². The number of benzene rings is 2. The van der Waals surface area contributed by atoms with E-state index in [0.717, 1.165) is 34.4 Å². The Balaban J connectivity index is 1.62. The third kappa shape index (κ3) is 2.31. The van der Waals surface area contributed by atoms with Gasteiger partial charge in [-0.15, -0.1) is 0 Å². The molecule has 2 aromatic carbocycles. The summed E-state index contributed by atoms with van der Waals surface area (Å²) in [6.45, 7) is 0. The van der Waals surface area contributed by atoms with Crippen molar-refractivity contribution in [2.24, 2.45) is 0 Å². The van der Waals surface area contributed by atoms with E-state index < -0.39 is 0 Å². The molecule has 2 atom stereocenters. The van der Waals surface area contributed by atoms with Crippen LogP contribution in [0.2, 0.25) is 5.02 Å². The molecule has 2 aliphatic rings. The van der Waals surface area contributed by atoms with Gasteiger partial charge in [-0.25, -0.2) is 0 Å². The summed E-state index contributed by atoms with van der Waals surface area (Å²) in [5, 5.41) is 2.99. The zero-order valence-electron chi connectivity index (χ0n) is 12.3. The van der Waals surface area contributed by atoms with Crippen LogP contribution in [0.1, 0.15) is 25.7 Å². The standard InChI is InChI=1S/C18H20ClNO/c1-20-12-6-7-13(20)11-14(10-12)21-18-9-8-17(19)15-4-2-3-5-16(15)18/h2-5,8-9,12-14H,6-7,10-11H2,1H3. The molecule has 0 spiro atoms. The van der Waals surface area contributed by atoms with Gasteiger partial charge in [-0.05, 0) is 44.9 Å². The third-order valence-corrected chi connectivity index (χ3v) is 5.51. The van der Waals surface area contributed by atoms with Crippen molar-refractivity contribution < 1.29 is 4.74 Å². The molecule has 0 radical (unpaired) electrons. The quantitative estimate of drug-likeness (QED) is 0.810. The minimum Gasteiger partial charge on any atom is -0.490 e. The molecule has 3 heteroatoms. The maximum atomic E-state index is 6.37. The summed E-state index contributed by atoms with van der Waals surface area (Å²) in [5.41, 5.74) is 0. The molecule has 2 fully saturated rings. The molecule has 21 heavy (non-hydrogen) atoms. The number of hydrogen-bond acceptors (Lipinski definition) is 2. The fourth-order valence-electron chi connectivity index (χ4n) is 3.97. The Bertz CT molecular complexity index is 657. The Morgan fingerprint density at radius 1 is 1.00 bits per heavy atom. The largest absolute Gasteiger partial charge is 0.490 e. The van der Waals surface area contributed by atoms with Crippen molar-refractivity contribution >= 4 is 22.4 Å². The van der Waals surface area contributed by atoms with Gasteiger partial charge in [-0.1, -0.05) is 35.9 Å². The van der Waals surface area contributed by atoms with Crippen molar-refractivity contribution in [2.75, 3.05) is 7.05 Å². The average molecular weight is 302 g/mol. The van der Waals surface area contributed by atoms with Crippen LogP contribution in [0.25, 0.3) is 10.8 Å². The Kier molecular flexibility index (Phi) is 3.31. The van der Waals surface area contributed by atoms with E-state index >= 15 is 0 Å². The fourth-order valence-corrected chi connectivity index (χ4v) is 4.20. The predicted molar refractivity (Wildman–Crippen MR) is 87.2 cm³/mol. The maximum absolute atomic E-state index is 6.37. The minimum atomic E-state index is 0.336. The van der Waals surface area contributed by atoms with E-state index in [2.05, 4.69) is 24.1 Å². The summed E-state index contributed by atoms with van der Waals surface area (Å²) in [6.07, 6.45) is 5.27. The van der Waals surface area contributed by atoms with Crippen LogP contribution in [0.4, 0.5) is 0 Å². The molecule has 0 amide bonds. The molecule has 2 heterocycles. The Hall–Kier alpha value is -1.25. The van der Waals surface area contributed by atoms with Gasteiger partial charge in [0.1, 0.15) is 11.9 Å². The van der Waals surface area contributed by atoms with Gasteiger partial charge in [-0.2, -0.15) is 0 Å². The number of halogens is 1. The first-order chi connectivity index (χ1) is 10.2. The molecule has 2 aliphatic heterocycles. The van der Waals surface area contributed by atoms with Crippen molar-refractivity contribution in [1.82, 2.24) is 4.90 Å². The predicted octanol–water partition coefficient (Wildman–Crippen LogP) is 4.50. The molecule has 2 saturated heterocycles. The molecule has 2 nitrogen and oxygen atoms in total.